The third-order valence-electron chi connectivity index (χ3n) is 4.56. The van der Waals surface area contributed by atoms with Crippen molar-refractivity contribution in [3.8, 4) is 17.2 Å². The summed E-state index contributed by atoms with van der Waals surface area (Å²) in [6.45, 7) is 1.06. The van der Waals surface area contributed by atoms with Gasteiger partial charge in [0.05, 0.1) is 24.8 Å². The van der Waals surface area contributed by atoms with Gasteiger partial charge in [0.2, 0.25) is 5.91 Å². The number of hydrogen-bond acceptors (Lipinski definition) is 5. The second kappa shape index (κ2) is 10.7. The maximum Gasteiger partial charge on any atom is 0.248 e. The van der Waals surface area contributed by atoms with Crippen LogP contribution in [-0.4, -0.2) is 27.0 Å². The zero-order chi connectivity index (χ0) is 22.9. The van der Waals surface area contributed by atoms with Crippen molar-refractivity contribution in [3.63, 3.8) is 0 Å². The number of anilines is 1. The van der Waals surface area contributed by atoms with Gasteiger partial charge in [0.15, 0.2) is 11.6 Å². The molecule has 8 heteroatoms. The molecule has 1 N–H and O–H groups in total. The summed E-state index contributed by atoms with van der Waals surface area (Å²) in [6, 6.07) is 15.0. The first-order chi connectivity index (χ1) is 16.2. The highest BCUT2D eigenvalue weighted by Crippen LogP contribution is 2.26. The summed E-state index contributed by atoms with van der Waals surface area (Å²) in [7, 11) is 0. The average molecular weight is 444 g/mol. The Bertz CT molecular complexity index is 1230. The number of nitrogens with zero attached hydrogens (tertiary/aromatic N) is 3. The first kappa shape index (κ1) is 21.8. The fraction of sp³-hybridized carbons (Fsp3) is 0.0800. The first-order valence-electron chi connectivity index (χ1n) is 10.2. The number of ether oxygens (including phenoxy) is 2. The molecule has 0 atom stereocenters. The molecule has 2 aromatic carbocycles. The van der Waals surface area contributed by atoms with Crippen LogP contribution in [0.5, 0.6) is 17.2 Å². The lowest BCUT2D eigenvalue weighted by Crippen LogP contribution is -2.11. The summed E-state index contributed by atoms with van der Waals surface area (Å²) >= 11 is 0. The van der Waals surface area contributed by atoms with Crippen molar-refractivity contribution < 1.29 is 18.7 Å². The number of rotatable bonds is 9. The fourth-order valence-electron chi connectivity index (χ4n) is 2.96. The lowest BCUT2D eigenvalue weighted by molar-refractivity contribution is -0.111. The third kappa shape index (κ3) is 6.27. The summed E-state index contributed by atoms with van der Waals surface area (Å²) in [5.41, 5.74) is 1.07. The van der Waals surface area contributed by atoms with Gasteiger partial charge >= 0.3 is 0 Å². The van der Waals surface area contributed by atoms with Crippen LogP contribution >= 0.6 is 0 Å². The SMILES string of the molecule is O=C(/C=C/c1ccc(Oc2cccnc2)c(F)c1)Nc1ccccc1OCCn1ccnc1. The van der Waals surface area contributed by atoms with Crippen LogP contribution in [-0.2, 0) is 11.3 Å². The quantitative estimate of drug-likeness (QED) is 0.370. The molecule has 2 aromatic heterocycles. The number of halogens is 1. The van der Waals surface area contributed by atoms with Crippen LogP contribution in [0.4, 0.5) is 10.1 Å². The van der Waals surface area contributed by atoms with Gasteiger partial charge in [0.1, 0.15) is 18.1 Å². The van der Waals surface area contributed by atoms with E-state index in [2.05, 4.69) is 15.3 Å². The Morgan fingerprint density at radius 1 is 1.06 bits per heavy atom. The highest BCUT2D eigenvalue weighted by molar-refractivity contribution is 6.02. The van der Waals surface area contributed by atoms with Crippen molar-refractivity contribution >= 4 is 17.7 Å². The normalized spacial score (nSPS) is 10.8. The molecule has 0 saturated carbocycles. The Balaban J connectivity index is 1.35. The van der Waals surface area contributed by atoms with E-state index in [1.165, 1.54) is 30.5 Å². The highest BCUT2D eigenvalue weighted by Gasteiger charge is 2.08. The van der Waals surface area contributed by atoms with E-state index in [0.29, 0.717) is 35.9 Å². The number of aromatic nitrogens is 3. The molecule has 0 aliphatic rings. The number of benzene rings is 2. The summed E-state index contributed by atoms with van der Waals surface area (Å²) in [5, 5.41) is 2.79. The van der Waals surface area contributed by atoms with Gasteiger partial charge in [-0.3, -0.25) is 9.78 Å². The molecular weight excluding hydrogens is 423 g/mol. The summed E-state index contributed by atoms with van der Waals surface area (Å²) < 4.78 is 27.6. The van der Waals surface area contributed by atoms with Crippen molar-refractivity contribution in [1.82, 2.24) is 14.5 Å². The number of amides is 1. The van der Waals surface area contributed by atoms with Crippen LogP contribution in [0.1, 0.15) is 5.56 Å². The number of hydrogen-bond donors (Lipinski definition) is 1. The van der Waals surface area contributed by atoms with Crippen molar-refractivity contribution in [1.29, 1.82) is 0 Å². The molecule has 0 unspecified atom stereocenters. The minimum atomic E-state index is -0.543. The third-order valence-corrected chi connectivity index (χ3v) is 4.56. The molecule has 33 heavy (non-hydrogen) atoms. The van der Waals surface area contributed by atoms with Crippen molar-refractivity contribution in [2.24, 2.45) is 0 Å². The van der Waals surface area contributed by atoms with Crippen molar-refractivity contribution in [2.45, 2.75) is 6.54 Å². The number of para-hydroxylation sites is 2. The molecule has 0 saturated heterocycles. The second-order valence-corrected chi connectivity index (χ2v) is 6.95. The molecule has 0 radical (unpaired) electrons. The second-order valence-electron chi connectivity index (χ2n) is 6.95. The Kier molecular flexibility index (Phi) is 7.07. The molecule has 0 bridgehead atoms. The van der Waals surface area contributed by atoms with Crippen molar-refractivity contribution in [2.75, 3.05) is 11.9 Å². The minimum Gasteiger partial charge on any atom is -0.490 e. The molecule has 7 nitrogen and oxygen atoms in total. The molecule has 1 amide bonds. The highest BCUT2D eigenvalue weighted by atomic mass is 19.1. The maximum atomic E-state index is 14.4. The summed E-state index contributed by atoms with van der Waals surface area (Å²) in [6.07, 6.45) is 11.2. The molecule has 4 rings (SSSR count). The number of carbonyl (C=O) groups excluding carboxylic acids is 1. The van der Waals surface area contributed by atoms with E-state index in [9.17, 15) is 9.18 Å². The van der Waals surface area contributed by atoms with Crippen LogP contribution in [0.2, 0.25) is 0 Å². The monoisotopic (exact) mass is 444 g/mol. The first-order valence-corrected chi connectivity index (χ1v) is 10.2. The molecular formula is C25H21FN4O3. The lowest BCUT2D eigenvalue weighted by Gasteiger charge is -2.12. The summed E-state index contributed by atoms with van der Waals surface area (Å²) in [5.74, 6) is 0.161. The van der Waals surface area contributed by atoms with Gasteiger partial charge in [0.25, 0.3) is 0 Å². The van der Waals surface area contributed by atoms with Gasteiger partial charge in [-0.1, -0.05) is 18.2 Å². The average Bonchev–Trinajstić information content (AvgIpc) is 3.35. The van der Waals surface area contributed by atoms with E-state index in [4.69, 9.17) is 9.47 Å². The van der Waals surface area contributed by atoms with Crippen LogP contribution in [0.25, 0.3) is 6.08 Å². The Labute approximate surface area is 190 Å². The van der Waals surface area contributed by atoms with E-state index in [1.807, 2.05) is 16.8 Å². The van der Waals surface area contributed by atoms with Crippen LogP contribution < -0.4 is 14.8 Å². The fourth-order valence-corrected chi connectivity index (χ4v) is 2.96. The predicted octanol–water partition coefficient (Wildman–Crippen LogP) is 4.94. The van der Waals surface area contributed by atoms with Crippen LogP contribution in [0.3, 0.4) is 0 Å². The minimum absolute atomic E-state index is 0.0753. The van der Waals surface area contributed by atoms with E-state index < -0.39 is 5.82 Å². The number of nitrogens with one attached hydrogen (secondary N) is 1. The molecule has 0 aliphatic carbocycles. The van der Waals surface area contributed by atoms with Gasteiger partial charge in [-0.25, -0.2) is 9.37 Å². The van der Waals surface area contributed by atoms with Gasteiger partial charge < -0.3 is 19.4 Å². The van der Waals surface area contributed by atoms with Crippen LogP contribution in [0, 0.1) is 5.82 Å². The van der Waals surface area contributed by atoms with Gasteiger partial charge in [-0.05, 0) is 48.0 Å². The molecule has 4 aromatic rings. The predicted molar refractivity (Wildman–Crippen MR) is 123 cm³/mol. The van der Waals surface area contributed by atoms with Gasteiger partial charge in [0, 0.05) is 24.7 Å². The zero-order valence-corrected chi connectivity index (χ0v) is 17.6. The lowest BCUT2D eigenvalue weighted by atomic mass is 10.2. The number of carbonyl (C=O) groups is 1. The van der Waals surface area contributed by atoms with Gasteiger partial charge in [-0.2, -0.15) is 0 Å². The van der Waals surface area contributed by atoms with E-state index in [1.54, 1.807) is 55.1 Å². The van der Waals surface area contributed by atoms with Crippen LogP contribution in [0.15, 0.2) is 91.8 Å². The largest absolute Gasteiger partial charge is 0.490 e. The number of pyridine rings is 1. The van der Waals surface area contributed by atoms with E-state index >= 15 is 0 Å². The standard InChI is InChI=1S/C25H21FN4O3/c26-21-16-19(7-9-23(21)33-20-4-3-11-27-17-20)8-10-25(31)29-22-5-1-2-6-24(22)32-15-14-30-13-12-28-18-30/h1-13,16-18H,14-15H2,(H,29,31)/b10-8+. The molecule has 166 valence electrons. The molecule has 0 aliphatic heterocycles. The molecule has 2 heterocycles. The topological polar surface area (TPSA) is 78.3 Å². The van der Waals surface area contributed by atoms with Crippen molar-refractivity contribution in [3.05, 3.63) is 103 Å². The van der Waals surface area contributed by atoms with E-state index in [0.717, 1.165) is 0 Å². The maximum absolute atomic E-state index is 14.4. The van der Waals surface area contributed by atoms with E-state index in [-0.39, 0.29) is 11.7 Å². The summed E-state index contributed by atoms with van der Waals surface area (Å²) in [4.78, 5) is 20.3. The molecule has 0 spiro atoms. The van der Waals surface area contributed by atoms with Gasteiger partial charge in [-0.15, -0.1) is 0 Å². The zero-order valence-electron chi connectivity index (χ0n) is 17.6. The Morgan fingerprint density at radius 2 is 1.97 bits per heavy atom. The Hall–Kier alpha value is -4.46. The Morgan fingerprint density at radius 3 is 2.76 bits per heavy atom. The number of imidazole rings is 1. The molecule has 0 fully saturated rings. The smallest absolute Gasteiger partial charge is 0.248 e.